The molecule has 2 fully saturated rings. The molecule has 2 aliphatic rings. The summed E-state index contributed by atoms with van der Waals surface area (Å²) in [5.74, 6) is 0.249. The van der Waals surface area contributed by atoms with E-state index >= 15 is 0 Å². The van der Waals surface area contributed by atoms with Crippen LogP contribution >= 0.6 is 0 Å². The number of anilines is 1. The Morgan fingerprint density at radius 3 is 2.84 bits per heavy atom. The van der Waals surface area contributed by atoms with Gasteiger partial charge < -0.3 is 20.1 Å². The number of hydrogen-bond donors (Lipinski definition) is 4. The lowest BCUT2D eigenvalue weighted by molar-refractivity contribution is 0.0922. The largest absolute Gasteiger partial charge is 0.493 e. The van der Waals surface area contributed by atoms with Gasteiger partial charge in [0.05, 0.1) is 18.8 Å². The second kappa shape index (κ2) is 7.80. The topological polar surface area (TPSA) is 146 Å². The maximum atomic E-state index is 11.5. The smallest absolute Gasteiger partial charge is 0.326 e. The van der Waals surface area contributed by atoms with E-state index in [1.54, 1.807) is 23.9 Å². The van der Waals surface area contributed by atoms with Crippen LogP contribution in [0.1, 0.15) is 44.2 Å². The van der Waals surface area contributed by atoms with Crippen molar-refractivity contribution in [1.82, 2.24) is 29.5 Å². The molecular formula is C20H26N8O3. The van der Waals surface area contributed by atoms with Gasteiger partial charge in [-0.1, -0.05) is 12.8 Å². The highest BCUT2D eigenvalue weighted by Gasteiger charge is 2.34. The number of nitrogens with zero attached hydrogens (tertiary/aromatic N) is 5. The summed E-state index contributed by atoms with van der Waals surface area (Å²) in [5.41, 5.74) is 0.906. The second-order valence-corrected chi connectivity index (χ2v) is 8.52. The van der Waals surface area contributed by atoms with Crippen molar-refractivity contribution in [2.75, 3.05) is 25.6 Å². The van der Waals surface area contributed by atoms with Crippen molar-refractivity contribution in [3.8, 4) is 5.88 Å². The number of nitrogens with one attached hydrogen (secondary N) is 3. The minimum absolute atomic E-state index is 0.0869. The molecule has 0 radical (unpaired) electrons. The van der Waals surface area contributed by atoms with Crippen LogP contribution in [0.15, 0.2) is 16.0 Å². The number of rotatable bonds is 7. The summed E-state index contributed by atoms with van der Waals surface area (Å²) >= 11 is 0. The normalized spacial score (nSPS) is 19.5. The zero-order chi connectivity index (χ0) is 21.4. The van der Waals surface area contributed by atoms with Gasteiger partial charge in [-0.05, 0) is 31.8 Å². The van der Waals surface area contributed by atoms with E-state index in [-0.39, 0.29) is 23.0 Å². The van der Waals surface area contributed by atoms with Gasteiger partial charge in [-0.15, -0.1) is 0 Å². The van der Waals surface area contributed by atoms with Crippen LogP contribution in [0.4, 0.5) is 5.95 Å². The number of aromatic nitrogens is 6. The van der Waals surface area contributed by atoms with Crippen molar-refractivity contribution in [2.45, 2.75) is 44.6 Å². The van der Waals surface area contributed by atoms with Gasteiger partial charge in [-0.25, -0.2) is 9.79 Å². The highest BCUT2D eigenvalue weighted by atomic mass is 16.5. The molecular weight excluding hydrogens is 400 g/mol. The van der Waals surface area contributed by atoms with Gasteiger partial charge in [-0.2, -0.15) is 19.6 Å². The van der Waals surface area contributed by atoms with Crippen molar-refractivity contribution >= 4 is 17.7 Å². The summed E-state index contributed by atoms with van der Waals surface area (Å²) in [6.45, 7) is 1.42. The zero-order valence-electron chi connectivity index (χ0n) is 17.4. The van der Waals surface area contributed by atoms with Crippen molar-refractivity contribution < 1.29 is 9.84 Å². The minimum Gasteiger partial charge on any atom is -0.493 e. The number of aromatic hydroxyl groups is 1. The number of hydrogen-bond acceptors (Lipinski definition) is 8. The van der Waals surface area contributed by atoms with Gasteiger partial charge in [0.1, 0.15) is 5.69 Å². The zero-order valence-corrected chi connectivity index (χ0v) is 17.4. The molecule has 0 bridgehead atoms. The molecule has 5 rings (SSSR count). The molecule has 0 unspecified atom stereocenters. The summed E-state index contributed by atoms with van der Waals surface area (Å²) in [4.78, 5) is 30.3. The van der Waals surface area contributed by atoms with E-state index in [0.29, 0.717) is 29.0 Å². The third-order valence-corrected chi connectivity index (χ3v) is 5.99. The lowest BCUT2D eigenvalue weighted by Gasteiger charge is -2.28. The SMILES string of the molecule is COCC1(CNc2nc(=NC3CC3)n3nc/c(=C\c4[nH]c(=O)[nH]c4O)c3n2)CCCC1. The monoisotopic (exact) mass is 426 g/mol. The summed E-state index contributed by atoms with van der Waals surface area (Å²) < 4.78 is 7.08. The Labute approximate surface area is 177 Å². The molecule has 0 aromatic carbocycles. The van der Waals surface area contributed by atoms with Crippen LogP contribution in [0.5, 0.6) is 5.88 Å². The predicted molar refractivity (Wildman–Crippen MR) is 112 cm³/mol. The number of aromatic amines is 2. The first kappa shape index (κ1) is 19.7. The van der Waals surface area contributed by atoms with Gasteiger partial charge >= 0.3 is 5.69 Å². The van der Waals surface area contributed by atoms with Crippen LogP contribution in [-0.4, -0.2) is 61.0 Å². The van der Waals surface area contributed by atoms with Gasteiger partial charge in [-0.3, -0.25) is 4.98 Å². The predicted octanol–water partition coefficient (Wildman–Crippen LogP) is 0.0758. The fourth-order valence-corrected chi connectivity index (χ4v) is 4.23. The maximum Gasteiger partial charge on any atom is 0.326 e. The molecule has 2 aliphatic carbocycles. The molecule has 0 aliphatic heterocycles. The fourth-order valence-electron chi connectivity index (χ4n) is 4.23. The Kier molecular flexibility index (Phi) is 4.97. The molecule has 0 amide bonds. The first-order valence-corrected chi connectivity index (χ1v) is 10.6. The standard InChI is InChI=1S/C20H26N8O3/c1-31-11-20(6-2-3-7-20)10-21-17-25-15-12(8-14-16(29)26-19(30)24-14)9-22-28(15)18(27-17)23-13-4-5-13/h8-9,13,29H,2-7,10-11H2,1H3,(H,21,23,27)(H2,24,26,30)/b12-8+. The van der Waals surface area contributed by atoms with Crippen molar-refractivity contribution in [3.05, 3.63) is 33.2 Å². The summed E-state index contributed by atoms with van der Waals surface area (Å²) in [6.07, 6.45) is 9.96. The third-order valence-electron chi connectivity index (χ3n) is 5.99. The minimum atomic E-state index is -0.485. The van der Waals surface area contributed by atoms with Crippen LogP contribution in [0, 0.1) is 5.41 Å². The number of imidazole rings is 1. The lowest BCUT2D eigenvalue weighted by Crippen LogP contribution is -2.33. The van der Waals surface area contributed by atoms with E-state index in [2.05, 4.69) is 30.4 Å². The van der Waals surface area contributed by atoms with E-state index in [1.165, 1.54) is 12.8 Å². The number of fused-ring (bicyclic) bond motifs is 1. The fraction of sp³-hybridized carbons (Fsp3) is 0.550. The number of H-pyrrole nitrogens is 2. The Balaban J connectivity index is 1.56. The molecule has 0 atom stereocenters. The molecule has 3 heterocycles. The van der Waals surface area contributed by atoms with E-state index < -0.39 is 5.69 Å². The van der Waals surface area contributed by atoms with Crippen LogP contribution in [0.3, 0.4) is 0 Å². The molecule has 4 N–H and O–H groups in total. The first-order chi connectivity index (χ1) is 15.0. The Morgan fingerprint density at radius 2 is 2.16 bits per heavy atom. The van der Waals surface area contributed by atoms with E-state index in [9.17, 15) is 9.90 Å². The van der Waals surface area contributed by atoms with Gasteiger partial charge in [0.25, 0.3) is 5.62 Å². The summed E-state index contributed by atoms with van der Waals surface area (Å²) in [7, 11) is 1.74. The molecule has 0 spiro atoms. The van der Waals surface area contributed by atoms with E-state index in [0.717, 1.165) is 32.2 Å². The number of methoxy groups -OCH3 is 1. The molecule has 3 aromatic heterocycles. The summed E-state index contributed by atoms with van der Waals surface area (Å²) in [5, 5.41) is 18.3. The van der Waals surface area contributed by atoms with Crippen molar-refractivity contribution in [1.29, 1.82) is 0 Å². The van der Waals surface area contributed by atoms with Gasteiger partial charge in [0.15, 0.2) is 5.65 Å². The van der Waals surface area contributed by atoms with Crippen LogP contribution < -0.4 is 21.8 Å². The maximum absolute atomic E-state index is 11.5. The third kappa shape index (κ3) is 4.05. The first-order valence-electron chi connectivity index (χ1n) is 10.6. The Bertz CT molecular complexity index is 1260. The number of ether oxygens (including phenoxy) is 1. The van der Waals surface area contributed by atoms with Crippen LogP contribution in [0.25, 0.3) is 11.7 Å². The molecule has 11 nitrogen and oxygen atoms in total. The van der Waals surface area contributed by atoms with E-state index in [1.807, 2.05) is 0 Å². The Hall–Kier alpha value is -3.21. The second-order valence-electron chi connectivity index (χ2n) is 8.52. The van der Waals surface area contributed by atoms with Crippen LogP contribution in [-0.2, 0) is 4.74 Å². The average Bonchev–Trinajstić information content (AvgIpc) is 3.14. The lowest BCUT2D eigenvalue weighted by atomic mass is 9.87. The molecule has 3 aromatic rings. The molecule has 2 saturated carbocycles. The van der Waals surface area contributed by atoms with Gasteiger partial charge in [0, 0.05) is 24.3 Å². The highest BCUT2D eigenvalue weighted by molar-refractivity contribution is 5.57. The van der Waals surface area contributed by atoms with Crippen molar-refractivity contribution in [2.24, 2.45) is 10.4 Å². The molecule has 0 saturated heterocycles. The van der Waals surface area contributed by atoms with Crippen LogP contribution in [0.2, 0.25) is 0 Å². The van der Waals surface area contributed by atoms with Crippen molar-refractivity contribution in [3.63, 3.8) is 0 Å². The average molecular weight is 426 g/mol. The van der Waals surface area contributed by atoms with E-state index in [4.69, 9.17) is 9.73 Å². The molecule has 164 valence electrons. The summed E-state index contributed by atoms with van der Waals surface area (Å²) in [6, 6.07) is 0.266. The molecule has 11 heteroatoms. The quantitative estimate of drug-likeness (QED) is 0.418. The Morgan fingerprint density at radius 1 is 1.35 bits per heavy atom. The highest BCUT2D eigenvalue weighted by Crippen LogP contribution is 2.38. The van der Waals surface area contributed by atoms with Gasteiger partial charge in [0.2, 0.25) is 11.8 Å². The molecule has 31 heavy (non-hydrogen) atoms.